The summed E-state index contributed by atoms with van der Waals surface area (Å²) in [5.41, 5.74) is 0.669. The third-order valence-electron chi connectivity index (χ3n) is 5.53. The molecular weight excluding hydrogens is 406 g/mol. The van der Waals surface area contributed by atoms with E-state index in [1.54, 1.807) is 0 Å². The number of nitrogens with zero attached hydrogens (tertiary/aromatic N) is 1. The second kappa shape index (κ2) is 12.1. The Morgan fingerprint density at radius 2 is 1.41 bits per heavy atom. The molecule has 0 N–H and O–H groups in total. The van der Waals surface area contributed by atoms with Crippen molar-refractivity contribution in [3.63, 3.8) is 0 Å². The van der Waals surface area contributed by atoms with Crippen LogP contribution in [-0.4, -0.2) is 49.5 Å². The Balaban J connectivity index is 1.38. The molecule has 3 rings (SSSR count). The number of hydrogen-bond acceptors (Lipinski definition) is 5. The second-order valence-electron chi connectivity index (χ2n) is 8.04. The maximum absolute atomic E-state index is 12.7. The number of piperidine rings is 1. The van der Waals surface area contributed by atoms with Crippen LogP contribution in [0.1, 0.15) is 49.9 Å². The van der Waals surface area contributed by atoms with Gasteiger partial charge in [0.2, 0.25) is 0 Å². The molecule has 0 unspecified atom stereocenters. The van der Waals surface area contributed by atoms with Crippen LogP contribution in [0.25, 0.3) is 0 Å². The van der Waals surface area contributed by atoms with Gasteiger partial charge in [0.1, 0.15) is 23.9 Å². The lowest BCUT2D eigenvalue weighted by atomic mass is 9.91. The number of rotatable bonds is 11. The smallest absolute Gasteiger partial charge is 0.253 e. The zero-order chi connectivity index (χ0) is 22.8. The van der Waals surface area contributed by atoms with Crippen LogP contribution in [0.15, 0.2) is 48.5 Å². The highest BCUT2D eigenvalue weighted by molar-refractivity contribution is 5.94. The highest BCUT2D eigenvalue weighted by Gasteiger charge is 2.25. The Morgan fingerprint density at radius 1 is 0.844 bits per heavy atom. The molecule has 6 heteroatoms. The molecule has 1 saturated heterocycles. The SMILES string of the molecule is CCCOc1ccc(OCC(=O)CC2CCN(C(=O)c3ccc(OCC)cc3)CC2)cc1. The van der Waals surface area contributed by atoms with E-state index in [1.165, 1.54) is 0 Å². The first-order valence-corrected chi connectivity index (χ1v) is 11.5. The first-order valence-electron chi connectivity index (χ1n) is 11.5. The first kappa shape index (κ1) is 23.6. The summed E-state index contributed by atoms with van der Waals surface area (Å²) in [5.74, 6) is 2.65. The normalized spacial score (nSPS) is 14.1. The largest absolute Gasteiger partial charge is 0.494 e. The first-order chi connectivity index (χ1) is 15.6. The molecular formula is C26H33NO5. The van der Waals surface area contributed by atoms with Gasteiger partial charge in [0.25, 0.3) is 5.91 Å². The molecule has 0 bridgehead atoms. The molecule has 2 aromatic rings. The Hall–Kier alpha value is -3.02. The van der Waals surface area contributed by atoms with Gasteiger partial charge in [-0.05, 0) is 80.6 Å². The molecule has 2 aromatic carbocycles. The van der Waals surface area contributed by atoms with E-state index in [1.807, 2.05) is 60.4 Å². The molecule has 1 heterocycles. The van der Waals surface area contributed by atoms with Gasteiger partial charge < -0.3 is 19.1 Å². The molecule has 0 aliphatic carbocycles. The molecule has 1 aliphatic rings. The summed E-state index contributed by atoms with van der Waals surface area (Å²) < 4.78 is 16.6. The van der Waals surface area contributed by atoms with Gasteiger partial charge in [0.05, 0.1) is 13.2 Å². The van der Waals surface area contributed by atoms with Crippen LogP contribution in [0.3, 0.4) is 0 Å². The number of benzene rings is 2. The molecule has 1 amide bonds. The van der Waals surface area contributed by atoms with E-state index in [9.17, 15) is 9.59 Å². The Bertz CT molecular complexity index is 855. The molecule has 1 fully saturated rings. The second-order valence-corrected chi connectivity index (χ2v) is 8.04. The number of likely N-dealkylation sites (tertiary alicyclic amines) is 1. The highest BCUT2D eigenvalue weighted by atomic mass is 16.5. The van der Waals surface area contributed by atoms with Crippen LogP contribution >= 0.6 is 0 Å². The van der Waals surface area contributed by atoms with Crippen molar-refractivity contribution in [2.24, 2.45) is 5.92 Å². The molecule has 0 saturated carbocycles. The number of ether oxygens (including phenoxy) is 3. The lowest BCUT2D eigenvalue weighted by Gasteiger charge is -2.31. The van der Waals surface area contributed by atoms with Crippen molar-refractivity contribution >= 4 is 11.7 Å². The minimum atomic E-state index is 0.0347. The van der Waals surface area contributed by atoms with Gasteiger partial charge in [-0.3, -0.25) is 9.59 Å². The minimum Gasteiger partial charge on any atom is -0.494 e. The van der Waals surface area contributed by atoms with Gasteiger partial charge in [0.15, 0.2) is 5.78 Å². The van der Waals surface area contributed by atoms with Crippen LogP contribution in [0.5, 0.6) is 17.2 Å². The fourth-order valence-corrected chi connectivity index (χ4v) is 3.78. The number of amides is 1. The maximum atomic E-state index is 12.7. The molecule has 0 atom stereocenters. The maximum Gasteiger partial charge on any atom is 0.253 e. The van der Waals surface area contributed by atoms with Gasteiger partial charge in [-0.1, -0.05) is 6.92 Å². The number of ketones is 1. The summed E-state index contributed by atoms with van der Waals surface area (Å²) in [7, 11) is 0. The van der Waals surface area contributed by atoms with Crippen LogP contribution in [0, 0.1) is 5.92 Å². The topological polar surface area (TPSA) is 65.1 Å². The van der Waals surface area contributed by atoms with Crippen molar-refractivity contribution in [2.75, 3.05) is 32.9 Å². The van der Waals surface area contributed by atoms with Crippen molar-refractivity contribution < 1.29 is 23.8 Å². The van der Waals surface area contributed by atoms with Crippen molar-refractivity contribution in [2.45, 2.75) is 39.5 Å². The van der Waals surface area contributed by atoms with Crippen molar-refractivity contribution in [3.8, 4) is 17.2 Å². The zero-order valence-electron chi connectivity index (χ0n) is 19.0. The standard InChI is InChI=1S/C26H33NO5/c1-3-17-31-24-9-11-25(12-10-24)32-19-22(28)18-20-13-15-27(16-14-20)26(29)21-5-7-23(8-6-21)30-4-2/h5-12,20H,3-4,13-19H2,1-2H3. The third kappa shape index (κ3) is 7.01. The fraction of sp³-hybridized carbons (Fsp3) is 0.462. The average Bonchev–Trinajstić information content (AvgIpc) is 2.83. The van der Waals surface area contributed by atoms with E-state index in [-0.39, 0.29) is 18.3 Å². The molecule has 6 nitrogen and oxygen atoms in total. The van der Waals surface area contributed by atoms with E-state index < -0.39 is 0 Å². The summed E-state index contributed by atoms with van der Waals surface area (Å²) in [4.78, 5) is 27.0. The van der Waals surface area contributed by atoms with E-state index in [0.717, 1.165) is 30.8 Å². The van der Waals surface area contributed by atoms with Crippen molar-refractivity contribution in [1.29, 1.82) is 0 Å². The van der Waals surface area contributed by atoms with Crippen molar-refractivity contribution in [3.05, 3.63) is 54.1 Å². The molecule has 172 valence electrons. The van der Waals surface area contributed by atoms with Gasteiger partial charge in [-0.15, -0.1) is 0 Å². The highest BCUT2D eigenvalue weighted by Crippen LogP contribution is 2.23. The van der Waals surface area contributed by atoms with E-state index >= 15 is 0 Å². The molecule has 0 radical (unpaired) electrons. The Morgan fingerprint density at radius 3 is 2.00 bits per heavy atom. The van der Waals surface area contributed by atoms with E-state index in [4.69, 9.17) is 14.2 Å². The summed E-state index contributed by atoms with van der Waals surface area (Å²) >= 11 is 0. The van der Waals surface area contributed by atoms with Crippen LogP contribution in [0.2, 0.25) is 0 Å². The lowest BCUT2D eigenvalue weighted by molar-refractivity contribution is -0.122. The van der Waals surface area contributed by atoms with E-state index in [0.29, 0.717) is 50.0 Å². The van der Waals surface area contributed by atoms with Gasteiger partial charge >= 0.3 is 0 Å². The van der Waals surface area contributed by atoms with E-state index in [2.05, 4.69) is 6.92 Å². The van der Waals surface area contributed by atoms with Crippen molar-refractivity contribution in [1.82, 2.24) is 4.90 Å². The zero-order valence-corrected chi connectivity index (χ0v) is 19.0. The van der Waals surface area contributed by atoms with Gasteiger partial charge in [-0.2, -0.15) is 0 Å². The average molecular weight is 440 g/mol. The third-order valence-corrected chi connectivity index (χ3v) is 5.53. The summed E-state index contributed by atoms with van der Waals surface area (Å²) in [6.07, 6.45) is 3.11. The van der Waals surface area contributed by atoms with Gasteiger partial charge in [0, 0.05) is 25.1 Å². The predicted octanol–water partition coefficient (Wildman–Crippen LogP) is 4.76. The Kier molecular flexibility index (Phi) is 8.96. The molecule has 1 aliphatic heterocycles. The summed E-state index contributed by atoms with van der Waals surface area (Å²) in [6, 6.07) is 14.6. The minimum absolute atomic E-state index is 0.0347. The van der Waals surface area contributed by atoms with Gasteiger partial charge in [-0.25, -0.2) is 0 Å². The number of Topliss-reactive ketones (excluding diaryl/α,β-unsaturated/α-hetero) is 1. The predicted molar refractivity (Wildman–Crippen MR) is 124 cm³/mol. The van der Waals surface area contributed by atoms with Crippen LogP contribution in [-0.2, 0) is 4.79 Å². The molecule has 0 aromatic heterocycles. The monoisotopic (exact) mass is 439 g/mol. The summed E-state index contributed by atoms with van der Waals surface area (Å²) in [6.45, 7) is 6.69. The number of hydrogen-bond donors (Lipinski definition) is 0. The van der Waals surface area contributed by atoms with Crippen LogP contribution in [0.4, 0.5) is 0 Å². The van der Waals surface area contributed by atoms with Crippen LogP contribution < -0.4 is 14.2 Å². The molecule has 0 spiro atoms. The quantitative estimate of drug-likeness (QED) is 0.505. The molecule has 32 heavy (non-hydrogen) atoms. The fourth-order valence-electron chi connectivity index (χ4n) is 3.78. The number of carbonyl (C=O) groups excluding carboxylic acids is 2. The lowest BCUT2D eigenvalue weighted by Crippen LogP contribution is -2.39. The summed E-state index contributed by atoms with van der Waals surface area (Å²) in [5, 5.41) is 0. The number of carbonyl (C=O) groups is 2. The Labute approximate surface area is 190 Å².